The predicted octanol–water partition coefficient (Wildman–Crippen LogP) is 1.61. The Labute approximate surface area is 105 Å². The molecule has 6 heteroatoms. The van der Waals surface area contributed by atoms with E-state index in [1.54, 1.807) is 0 Å². The monoisotopic (exact) mass is 249 g/mol. The first-order valence-electron chi connectivity index (χ1n) is 5.37. The van der Waals surface area contributed by atoms with Crippen molar-refractivity contribution in [1.29, 1.82) is 0 Å². The van der Waals surface area contributed by atoms with E-state index in [1.807, 2.05) is 38.5 Å². The van der Waals surface area contributed by atoms with Gasteiger partial charge in [-0.15, -0.1) is 5.10 Å². The molecule has 0 aliphatic carbocycles. The van der Waals surface area contributed by atoms with Crippen molar-refractivity contribution in [2.75, 3.05) is 19.4 Å². The Balaban J connectivity index is 1.96. The lowest BCUT2D eigenvalue weighted by Crippen LogP contribution is -2.18. The normalized spacial score (nSPS) is 10.8. The molecule has 2 heterocycles. The van der Waals surface area contributed by atoms with Crippen molar-refractivity contribution in [2.45, 2.75) is 13.1 Å². The van der Waals surface area contributed by atoms with Crippen LogP contribution < -0.4 is 5.32 Å². The van der Waals surface area contributed by atoms with Crippen LogP contribution in [0.2, 0.25) is 0 Å². The number of rotatable bonds is 5. The predicted molar refractivity (Wildman–Crippen MR) is 68.9 cm³/mol. The largest absolute Gasteiger partial charge is 0.377 e. The average Bonchev–Trinajstić information content (AvgIpc) is 2.77. The first-order valence-corrected chi connectivity index (χ1v) is 6.14. The van der Waals surface area contributed by atoms with E-state index in [9.17, 15) is 0 Å². The third-order valence-electron chi connectivity index (χ3n) is 2.36. The van der Waals surface area contributed by atoms with Gasteiger partial charge in [-0.25, -0.2) is 0 Å². The van der Waals surface area contributed by atoms with Crippen molar-refractivity contribution in [2.24, 2.45) is 0 Å². The van der Waals surface area contributed by atoms with Crippen LogP contribution in [0.25, 0.3) is 0 Å². The molecule has 0 fully saturated rings. The zero-order chi connectivity index (χ0) is 12.1. The van der Waals surface area contributed by atoms with E-state index in [0.29, 0.717) is 0 Å². The summed E-state index contributed by atoms with van der Waals surface area (Å²) >= 11 is 1.38. The van der Waals surface area contributed by atoms with Gasteiger partial charge in [0.2, 0.25) is 0 Å². The quantitative estimate of drug-likeness (QED) is 0.872. The second-order valence-corrected chi connectivity index (χ2v) is 4.55. The van der Waals surface area contributed by atoms with Crippen LogP contribution in [-0.2, 0) is 13.1 Å². The van der Waals surface area contributed by atoms with Gasteiger partial charge >= 0.3 is 0 Å². The topological polar surface area (TPSA) is 53.9 Å². The molecule has 0 radical (unpaired) electrons. The highest BCUT2D eigenvalue weighted by atomic mass is 32.1. The second kappa shape index (κ2) is 5.70. The van der Waals surface area contributed by atoms with Crippen molar-refractivity contribution in [1.82, 2.24) is 19.5 Å². The molecule has 2 aromatic rings. The zero-order valence-corrected chi connectivity index (χ0v) is 10.7. The molecule has 0 saturated carbocycles. The zero-order valence-electron chi connectivity index (χ0n) is 9.92. The minimum atomic E-state index is 0.767. The van der Waals surface area contributed by atoms with E-state index in [0.717, 1.165) is 29.5 Å². The van der Waals surface area contributed by atoms with Gasteiger partial charge < -0.3 is 5.32 Å². The number of hydrogen-bond donors (Lipinski definition) is 1. The molecule has 0 aromatic carbocycles. The maximum atomic E-state index is 4.30. The smallest absolute Gasteiger partial charge is 0.134 e. The molecule has 0 spiro atoms. The number of hydrogen-bond acceptors (Lipinski definition) is 6. The van der Waals surface area contributed by atoms with E-state index < -0.39 is 0 Å². The van der Waals surface area contributed by atoms with Gasteiger partial charge in [-0.1, -0.05) is 10.6 Å². The standard InChI is InChI=1S/C11H15N5S/c1-12-11-10(14-15-17-11)8-16(2)7-9-5-3-4-6-13-9/h3-6,12H,7-8H2,1-2H3. The van der Waals surface area contributed by atoms with Crippen LogP contribution in [0.3, 0.4) is 0 Å². The SMILES string of the molecule is CNc1snnc1CN(C)Cc1ccccn1. The van der Waals surface area contributed by atoms with Crippen LogP contribution in [0.15, 0.2) is 24.4 Å². The number of nitrogens with zero attached hydrogens (tertiary/aromatic N) is 4. The molecule has 0 aliphatic heterocycles. The second-order valence-electron chi connectivity index (χ2n) is 3.79. The molecule has 2 rings (SSSR count). The summed E-state index contributed by atoms with van der Waals surface area (Å²) in [5, 5.41) is 8.23. The first kappa shape index (κ1) is 11.9. The molecule has 2 aromatic heterocycles. The third-order valence-corrected chi connectivity index (χ3v) is 3.15. The van der Waals surface area contributed by atoms with Gasteiger partial charge in [-0.3, -0.25) is 9.88 Å². The lowest BCUT2D eigenvalue weighted by molar-refractivity contribution is 0.311. The highest BCUT2D eigenvalue weighted by Gasteiger charge is 2.09. The van der Waals surface area contributed by atoms with Crippen molar-refractivity contribution < 1.29 is 0 Å². The molecule has 17 heavy (non-hydrogen) atoms. The molecule has 0 atom stereocenters. The maximum absolute atomic E-state index is 4.30. The van der Waals surface area contributed by atoms with Crippen LogP contribution in [0.1, 0.15) is 11.4 Å². The van der Waals surface area contributed by atoms with Crippen LogP contribution in [0.4, 0.5) is 5.00 Å². The number of nitrogens with one attached hydrogen (secondary N) is 1. The highest BCUT2D eigenvalue weighted by Crippen LogP contribution is 2.18. The number of pyridine rings is 1. The van der Waals surface area contributed by atoms with Crippen molar-refractivity contribution in [3.63, 3.8) is 0 Å². The van der Waals surface area contributed by atoms with Crippen molar-refractivity contribution in [3.05, 3.63) is 35.8 Å². The molecular weight excluding hydrogens is 234 g/mol. The van der Waals surface area contributed by atoms with Crippen LogP contribution in [0, 0.1) is 0 Å². The summed E-state index contributed by atoms with van der Waals surface area (Å²) in [6, 6.07) is 5.95. The fraction of sp³-hybridized carbons (Fsp3) is 0.364. The van der Waals surface area contributed by atoms with E-state index in [-0.39, 0.29) is 0 Å². The van der Waals surface area contributed by atoms with Crippen LogP contribution in [0.5, 0.6) is 0 Å². The summed E-state index contributed by atoms with van der Waals surface area (Å²) in [6.45, 7) is 1.57. The van der Waals surface area contributed by atoms with E-state index in [1.165, 1.54) is 11.5 Å². The lowest BCUT2D eigenvalue weighted by atomic mass is 10.3. The Bertz CT molecular complexity index is 456. The Kier molecular flexibility index (Phi) is 4.00. The van der Waals surface area contributed by atoms with Gasteiger partial charge in [-0.05, 0) is 19.2 Å². The number of anilines is 1. The van der Waals surface area contributed by atoms with Gasteiger partial charge in [0.15, 0.2) is 0 Å². The first-order chi connectivity index (χ1) is 8.29. The molecule has 0 aliphatic rings. The Hall–Kier alpha value is -1.53. The van der Waals surface area contributed by atoms with Gasteiger partial charge in [0.1, 0.15) is 10.7 Å². The molecule has 0 bridgehead atoms. The van der Waals surface area contributed by atoms with Gasteiger partial charge in [0, 0.05) is 37.9 Å². The Morgan fingerprint density at radius 2 is 2.24 bits per heavy atom. The molecule has 5 nitrogen and oxygen atoms in total. The summed E-state index contributed by atoms with van der Waals surface area (Å²) in [5.74, 6) is 0. The summed E-state index contributed by atoms with van der Waals surface area (Å²) < 4.78 is 3.94. The minimum absolute atomic E-state index is 0.767. The van der Waals surface area contributed by atoms with Gasteiger partial charge in [-0.2, -0.15) is 0 Å². The van der Waals surface area contributed by atoms with Crippen LogP contribution >= 0.6 is 11.5 Å². The van der Waals surface area contributed by atoms with E-state index in [2.05, 4.69) is 24.8 Å². The molecule has 1 N–H and O–H groups in total. The van der Waals surface area contributed by atoms with Gasteiger partial charge in [0.05, 0.1) is 5.69 Å². The number of aromatic nitrogens is 3. The summed E-state index contributed by atoms with van der Waals surface area (Å²) in [7, 11) is 3.94. The lowest BCUT2D eigenvalue weighted by Gasteiger charge is -2.14. The highest BCUT2D eigenvalue weighted by molar-refractivity contribution is 7.10. The van der Waals surface area contributed by atoms with E-state index in [4.69, 9.17) is 0 Å². The average molecular weight is 249 g/mol. The Morgan fingerprint density at radius 3 is 2.94 bits per heavy atom. The van der Waals surface area contributed by atoms with Gasteiger partial charge in [0.25, 0.3) is 0 Å². The van der Waals surface area contributed by atoms with E-state index >= 15 is 0 Å². The van der Waals surface area contributed by atoms with Crippen LogP contribution in [-0.4, -0.2) is 33.6 Å². The summed E-state index contributed by atoms with van der Waals surface area (Å²) in [5.41, 5.74) is 2.04. The molecule has 0 saturated heterocycles. The fourth-order valence-corrected chi connectivity index (χ4v) is 2.10. The molecular formula is C11H15N5S. The molecule has 0 amide bonds. The van der Waals surface area contributed by atoms with Crippen molar-refractivity contribution in [3.8, 4) is 0 Å². The fourth-order valence-electron chi connectivity index (χ4n) is 1.58. The maximum Gasteiger partial charge on any atom is 0.134 e. The summed E-state index contributed by atoms with van der Waals surface area (Å²) in [4.78, 5) is 6.47. The summed E-state index contributed by atoms with van der Waals surface area (Å²) in [6.07, 6.45) is 1.81. The molecule has 90 valence electrons. The molecule has 0 unspecified atom stereocenters. The van der Waals surface area contributed by atoms with Crippen molar-refractivity contribution >= 4 is 16.5 Å². The third kappa shape index (κ3) is 3.21. The minimum Gasteiger partial charge on any atom is -0.377 e. The Morgan fingerprint density at radius 1 is 1.35 bits per heavy atom.